The summed E-state index contributed by atoms with van der Waals surface area (Å²) < 4.78 is 19.8. The molecule has 6 N–H and O–H groups in total. The Morgan fingerprint density at radius 3 is 2.16 bits per heavy atom. The predicted octanol–water partition coefficient (Wildman–Crippen LogP) is 2.85. The van der Waals surface area contributed by atoms with E-state index >= 15 is 0 Å². The number of hydrogen-bond acceptors (Lipinski definition) is 13. The van der Waals surface area contributed by atoms with Gasteiger partial charge < -0.3 is 45.3 Å². The van der Waals surface area contributed by atoms with E-state index < -0.39 is 59.9 Å². The van der Waals surface area contributed by atoms with Crippen LogP contribution in [-0.2, 0) is 30.5 Å². The first-order valence-electron chi connectivity index (χ1n) is 17.1. The molecule has 0 saturated heterocycles. The van der Waals surface area contributed by atoms with Crippen LogP contribution in [0.3, 0.4) is 0 Å². The van der Waals surface area contributed by atoms with Gasteiger partial charge in [-0.25, -0.2) is 14.5 Å². The predicted molar refractivity (Wildman–Crippen MR) is 202 cm³/mol. The van der Waals surface area contributed by atoms with Crippen LogP contribution in [0.25, 0.3) is 16.6 Å². The zero-order valence-electron chi connectivity index (χ0n) is 31.2. The molecule has 0 radical (unpaired) electrons. The van der Waals surface area contributed by atoms with Gasteiger partial charge in [0.05, 0.1) is 56.1 Å². The fraction of sp³-hybridized carbons (Fsp3) is 0.263. The van der Waals surface area contributed by atoms with Crippen molar-refractivity contribution in [3.05, 3.63) is 101 Å². The van der Waals surface area contributed by atoms with Crippen molar-refractivity contribution in [2.75, 3.05) is 26.0 Å². The molecule has 1 atom stereocenters. The molecule has 5 aromatic rings. The number of aliphatic hydroxyl groups is 1. The van der Waals surface area contributed by atoms with Crippen molar-refractivity contribution in [3.63, 3.8) is 0 Å². The highest BCUT2D eigenvalue weighted by atomic mass is 16.5. The van der Waals surface area contributed by atoms with E-state index in [0.29, 0.717) is 34.1 Å². The van der Waals surface area contributed by atoms with Gasteiger partial charge in [-0.2, -0.15) is 0 Å². The van der Waals surface area contributed by atoms with Gasteiger partial charge in [0.1, 0.15) is 34.7 Å². The number of aliphatic carboxylic acids is 3. The first kappa shape index (κ1) is 42.6. The summed E-state index contributed by atoms with van der Waals surface area (Å²) in [6.07, 6.45) is 0.264. The number of para-hydroxylation sites is 1. The van der Waals surface area contributed by atoms with E-state index in [9.17, 15) is 28.8 Å². The molecule has 1 amide bonds. The second-order valence-corrected chi connectivity index (χ2v) is 12.4. The lowest BCUT2D eigenvalue weighted by molar-refractivity contribution is -0.170. The number of anilines is 1. The minimum Gasteiger partial charge on any atom is -0.497 e. The Morgan fingerprint density at radius 1 is 0.912 bits per heavy atom. The molecule has 0 unspecified atom stereocenters. The SMILES string of the molecule is CNCC(=O)O[C@H](C)Cn1c(C)c(C(=O)Nc2ccc(Oc3ccnc4cc(OC)ccc34)cn2)c(=O)n1-c1ccccc1.O=C(O)CC(O)(CC(=O)O)C(=O)O. The number of nitrogens with one attached hydrogen (secondary N) is 2. The molecule has 300 valence electrons. The molecular formula is C38H40N6O13. The summed E-state index contributed by atoms with van der Waals surface area (Å²) in [6.45, 7) is 3.61. The Balaban J connectivity index is 0.000000476. The molecule has 0 bridgehead atoms. The third kappa shape index (κ3) is 11.0. The van der Waals surface area contributed by atoms with Gasteiger partial charge in [-0.15, -0.1) is 0 Å². The lowest BCUT2D eigenvalue weighted by Crippen LogP contribution is -2.42. The molecule has 19 nitrogen and oxygen atoms in total. The molecular weight excluding hydrogens is 748 g/mol. The van der Waals surface area contributed by atoms with Crippen LogP contribution >= 0.6 is 0 Å². The van der Waals surface area contributed by atoms with Crippen LogP contribution in [0.4, 0.5) is 5.82 Å². The van der Waals surface area contributed by atoms with Gasteiger partial charge in [-0.1, -0.05) is 18.2 Å². The van der Waals surface area contributed by atoms with E-state index in [1.807, 2.05) is 24.3 Å². The van der Waals surface area contributed by atoms with Crippen molar-refractivity contribution >= 4 is 46.5 Å². The average Bonchev–Trinajstić information content (AvgIpc) is 3.39. The Hall–Kier alpha value is -7.12. The van der Waals surface area contributed by atoms with E-state index in [-0.39, 0.29) is 24.5 Å². The van der Waals surface area contributed by atoms with Crippen LogP contribution < -0.4 is 25.7 Å². The summed E-state index contributed by atoms with van der Waals surface area (Å²) in [6, 6.07) is 19.5. The largest absolute Gasteiger partial charge is 0.497 e. The molecule has 0 spiro atoms. The third-order valence-corrected chi connectivity index (χ3v) is 8.11. The first-order valence-corrected chi connectivity index (χ1v) is 17.1. The number of rotatable bonds is 16. The number of pyridine rings is 2. The topological polar surface area (TPSA) is 271 Å². The summed E-state index contributed by atoms with van der Waals surface area (Å²) in [5.41, 5.74) is -1.61. The van der Waals surface area contributed by atoms with Crippen LogP contribution in [-0.4, -0.2) is 102 Å². The quantitative estimate of drug-likeness (QED) is 0.0785. The minimum atomic E-state index is -2.74. The van der Waals surface area contributed by atoms with Crippen LogP contribution in [0.5, 0.6) is 17.2 Å². The van der Waals surface area contributed by atoms with E-state index in [1.54, 1.807) is 81.3 Å². The molecule has 0 saturated carbocycles. The van der Waals surface area contributed by atoms with Crippen molar-refractivity contribution in [3.8, 4) is 22.9 Å². The molecule has 57 heavy (non-hydrogen) atoms. The number of benzene rings is 2. The second-order valence-electron chi connectivity index (χ2n) is 12.4. The Morgan fingerprint density at radius 2 is 1.58 bits per heavy atom. The number of esters is 1. The van der Waals surface area contributed by atoms with Crippen molar-refractivity contribution in [2.45, 2.75) is 44.9 Å². The summed E-state index contributed by atoms with van der Waals surface area (Å²) in [5, 5.41) is 40.1. The van der Waals surface area contributed by atoms with Crippen LogP contribution in [0.2, 0.25) is 0 Å². The van der Waals surface area contributed by atoms with Crippen molar-refractivity contribution < 1.29 is 58.6 Å². The molecule has 0 aliphatic carbocycles. The molecule has 3 aromatic heterocycles. The van der Waals surface area contributed by atoms with Gasteiger partial charge in [0, 0.05) is 17.6 Å². The van der Waals surface area contributed by atoms with Crippen LogP contribution in [0.15, 0.2) is 83.9 Å². The number of carbonyl (C=O) groups is 5. The fourth-order valence-electron chi connectivity index (χ4n) is 5.50. The van der Waals surface area contributed by atoms with Crippen molar-refractivity contribution in [2.24, 2.45) is 0 Å². The highest BCUT2D eigenvalue weighted by Gasteiger charge is 2.40. The first-order chi connectivity index (χ1) is 27.1. The van der Waals surface area contributed by atoms with Gasteiger partial charge in [-0.3, -0.25) is 33.6 Å². The zero-order chi connectivity index (χ0) is 41.9. The number of ether oxygens (including phenoxy) is 3. The maximum absolute atomic E-state index is 13.7. The maximum atomic E-state index is 13.7. The number of fused-ring (bicyclic) bond motifs is 1. The van der Waals surface area contributed by atoms with Gasteiger partial charge >= 0.3 is 23.9 Å². The van der Waals surface area contributed by atoms with E-state index in [4.69, 9.17) is 34.6 Å². The lowest BCUT2D eigenvalue weighted by Gasteiger charge is -2.18. The highest BCUT2D eigenvalue weighted by molar-refractivity contribution is 6.04. The zero-order valence-corrected chi connectivity index (χ0v) is 31.2. The van der Waals surface area contributed by atoms with E-state index in [0.717, 1.165) is 5.39 Å². The van der Waals surface area contributed by atoms with Crippen molar-refractivity contribution in [1.29, 1.82) is 0 Å². The Labute approximate surface area is 324 Å². The third-order valence-electron chi connectivity index (χ3n) is 8.11. The molecule has 3 heterocycles. The fourth-order valence-corrected chi connectivity index (χ4v) is 5.50. The number of aromatic nitrogens is 4. The number of carboxylic acids is 3. The number of likely N-dealkylation sites (N-methyl/N-ethyl adjacent to an activating group) is 1. The number of hydrogen-bond donors (Lipinski definition) is 6. The normalized spacial score (nSPS) is 11.5. The van der Waals surface area contributed by atoms with Gasteiger partial charge in [0.2, 0.25) is 0 Å². The molecule has 0 aliphatic heterocycles. The minimum absolute atomic E-state index is 0.0524. The average molecular weight is 789 g/mol. The lowest BCUT2D eigenvalue weighted by atomic mass is 9.96. The number of methoxy groups -OCH3 is 1. The number of nitrogens with zero attached hydrogens (tertiary/aromatic N) is 4. The number of carbonyl (C=O) groups excluding carboxylic acids is 2. The van der Waals surface area contributed by atoms with E-state index in [2.05, 4.69) is 20.6 Å². The van der Waals surface area contributed by atoms with Gasteiger partial charge in [-0.05, 0) is 63.4 Å². The Kier molecular flexibility index (Phi) is 14.2. The molecule has 0 fully saturated rings. The smallest absolute Gasteiger partial charge is 0.336 e. The summed E-state index contributed by atoms with van der Waals surface area (Å²) in [5.74, 6) is -4.11. The van der Waals surface area contributed by atoms with Crippen molar-refractivity contribution in [1.82, 2.24) is 24.6 Å². The Bertz CT molecular complexity index is 2290. The monoisotopic (exact) mass is 788 g/mol. The van der Waals surface area contributed by atoms with Crippen LogP contribution in [0.1, 0.15) is 35.8 Å². The standard InChI is InChI=1S/C32H32N6O6.C6H8O7/c1-20(43-29(39)18-33-3)19-37-21(2)30(32(41)38(37)22-8-6-5-7-9-22)31(40)36-28-13-11-24(17-35-28)44-27-14-15-34-26-16-23(42-4)10-12-25(26)27;7-3(8)1-6(13,5(11)12)2-4(9)10/h5-17,20,33H,18-19H2,1-4H3,(H,35,36,40);13H,1-2H2,(H,7,8)(H,9,10)(H,11,12)/t20-;/m1./s1. The number of amides is 1. The summed E-state index contributed by atoms with van der Waals surface area (Å²) in [7, 11) is 3.24. The molecule has 19 heteroatoms. The molecule has 2 aromatic carbocycles. The second kappa shape index (κ2) is 19.0. The summed E-state index contributed by atoms with van der Waals surface area (Å²) in [4.78, 5) is 78.3. The van der Waals surface area contributed by atoms with E-state index in [1.165, 1.54) is 10.9 Å². The highest BCUT2D eigenvalue weighted by Crippen LogP contribution is 2.31. The van der Waals surface area contributed by atoms with Crippen LogP contribution in [0, 0.1) is 6.92 Å². The maximum Gasteiger partial charge on any atom is 0.336 e. The van der Waals surface area contributed by atoms with Gasteiger partial charge in [0.25, 0.3) is 11.5 Å². The molecule has 0 aliphatic rings. The molecule has 5 rings (SSSR count). The number of carboxylic acid groups (broad SMARTS) is 3. The van der Waals surface area contributed by atoms with Gasteiger partial charge in [0.15, 0.2) is 5.60 Å². The summed E-state index contributed by atoms with van der Waals surface area (Å²) >= 11 is 0.